The Morgan fingerprint density at radius 1 is 1.18 bits per heavy atom. The van der Waals surface area contributed by atoms with Crippen molar-refractivity contribution in [1.82, 2.24) is 20.3 Å². The molecule has 1 amide bonds. The quantitative estimate of drug-likeness (QED) is 0.703. The van der Waals surface area contributed by atoms with Gasteiger partial charge in [-0.25, -0.2) is 0 Å². The Morgan fingerprint density at radius 3 is 2.89 bits per heavy atom. The molecule has 1 atom stereocenters. The van der Waals surface area contributed by atoms with Crippen LogP contribution in [-0.4, -0.2) is 33.8 Å². The lowest BCUT2D eigenvalue weighted by atomic mass is 10.1. The molecule has 3 heterocycles. The number of hydrogen-bond donors (Lipinski definition) is 1. The van der Waals surface area contributed by atoms with Crippen molar-refractivity contribution in [1.29, 1.82) is 0 Å². The van der Waals surface area contributed by atoms with Gasteiger partial charge in [-0.2, -0.15) is 0 Å². The first-order chi connectivity index (χ1) is 13.7. The van der Waals surface area contributed by atoms with E-state index in [0.717, 1.165) is 5.56 Å². The van der Waals surface area contributed by atoms with E-state index in [9.17, 15) is 4.79 Å². The molecule has 1 aliphatic heterocycles. The number of fused-ring (bicyclic) bond motifs is 1. The molecule has 8 heteroatoms. The Bertz CT molecular complexity index is 981. The lowest BCUT2D eigenvalue weighted by molar-refractivity contribution is -0.127. The molecule has 1 aliphatic rings. The van der Waals surface area contributed by atoms with E-state index in [4.69, 9.17) is 14.2 Å². The summed E-state index contributed by atoms with van der Waals surface area (Å²) in [4.78, 5) is 25.2. The SMILES string of the molecule is C[C@@H](Oc1ccc2c(c1)OCO2)C(=O)NCc1nccnc1-c1cccnc1. The summed E-state index contributed by atoms with van der Waals surface area (Å²) in [6.07, 6.45) is 5.91. The van der Waals surface area contributed by atoms with E-state index in [1.54, 1.807) is 49.9 Å². The Morgan fingerprint density at radius 2 is 2.04 bits per heavy atom. The summed E-state index contributed by atoms with van der Waals surface area (Å²) in [5.74, 6) is 1.53. The number of ether oxygens (including phenoxy) is 3. The first kappa shape index (κ1) is 17.7. The Hall–Kier alpha value is -3.68. The minimum absolute atomic E-state index is 0.187. The monoisotopic (exact) mass is 378 g/mol. The van der Waals surface area contributed by atoms with Gasteiger partial charge in [0.05, 0.1) is 17.9 Å². The molecule has 0 radical (unpaired) electrons. The molecule has 0 unspecified atom stereocenters. The molecule has 1 N–H and O–H groups in total. The van der Waals surface area contributed by atoms with Gasteiger partial charge in [0.15, 0.2) is 17.6 Å². The molecule has 0 saturated heterocycles. The van der Waals surface area contributed by atoms with Crippen LogP contribution in [0.2, 0.25) is 0 Å². The average Bonchev–Trinajstić information content (AvgIpc) is 3.20. The number of carbonyl (C=O) groups is 1. The van der Waals surface area contributed by atoms with Gasteiger partial charge in [-0.15, -0.1) is 0 Å². The maximum Gasteiger partial charge on any atom is 0.261 e. The topological polar surface area (TPSA) is 95.5 Å². The molecule has 2 aromatic heterocycles. The summed E-state index contributed by atoms with van der Waals surface area (Å²) in [7, 11) is 0. The summed E-state index contributed by atoms with van der Waals surface area (Å²) >= 11 is 0. The van der Waals surface area contributed by atoms with Gasteiger partial charge in [0.2, 0.25) is 6.79 Å². The number of carbonyl (C=O) groups excluding carboxylic acids is 1. The number of pyridine rings is 1. The minimum atomic E-state index is -0.695. The molecule has 0 aliphatic carbocycles. The van der Waals surface area contributed by atoms with Crippen LogP contribution in [0.5, 0.6) is 17.2 Å². The number of aromatic nitrogens is 3. The summed E-state index contributed by atoms with van der Waals surface area (Å²) in [5, 5.41) is 2.84. The molecular formula is C20H18N4O4. The third kappa shape index (κ3) is 3.85. The van der Waals surface area contributed by atoms with Crippen LogP contribution in [0, 0.1) is 0 Å². The summed E-state index contributed by atoms with van der Waals surface area (Å²) in [6, 6.07) is 8.92. The van der Waals surface area contributed by atoms with Gasteiger partial charge in [0, 0.05) is 36.4 Å². The number of benzene rings is 1. The molecule has 1 aromatic carbocycles. The van der Waals surface area contributed by atoms with Gasteiger partial charge in [-0.05, 0) is 31.2 Å². The Kier molecular flexibility index (Phi) is 5.01. The molecular weight excluding hydrogens is 360 g/mol. The summed E-state index contributed by atoms with van der Waals surface area (Å²) in [5.41, 5.74) is 2.17. The van der Waals surface area contributed by atoms with E-state index in [1.807, 2.05) is 12.1 Å². The highest BCUT2D eigenvalue weighted by Crippen LogP contribution is 2.35. The largest absolute Gasteiger partial charge is 0.481 e. The molecule has 0 saturated carbocycles. The minimum Gasteiger partial charge on any atom is -0.481 e. The molecule has 8 nitrogen and oxygen atoms in total. The second kappa shape index (κ2) is 7.91. The van der Waals surface area contributed by atoms with Crippen molar-refractivity contribution >= 4 is 5.91 Å². The molecule has 142 valence electrons. The smallest absolute Gasteiger partial charge is 0.261 e. The predicted octanol–water partition coefficient (Wildman–Crippen LogP) is 2.35. The van der Waals surface area contributed by atoms with Crippen molar-refractivity contribution in [3.63, 3.8) is 0 Å². The van der Waals surface area contributed by atoms with E-state index in [-0.39, 0.29) is 19.2 Å². The number of nitrogens with zero attached hydrogens (tertiary/aromatic N) is 3. The van der Waals surface area contributed by atoms with Gasteiger partial charge in [-0.3, -0.25) is 19.7 Å². The van der Waals surface area contributed by atoms with Crippen LogP contribution < -0.4 is 19.5 Å². The molecule has 0 fully saturated rings. The standard InChI is InChI=1S/C20H18N4O4/c1-13(28-15-4-5-17-18(9-15)27-12-26-17)20(25)24-11-16-19(23-8-7-22-16)14-3-2-6-21-10-14/h2-10,13H,11-12H2,1H3,(H,24,25)/t13-/m1/s1. The third-order valence-electron chi connectivity index (χ3n) is 4.17. The fourth-order valence-electron chi connectivity index (χ4n) is 2.76. The van der Waals surface area contributed by atoms with Gasteiger partial charge in [-0.1, -0.05) is 0 Å². The predicted molar refractivity (Wildman–Crippen MR) is 99.8 cm³/mol. The summed E-state index contributed by atoms with van der Waals surface area (Å²) in [6.45, 7) is 2.09. The second-order valence-electron chi connectivity index (χ2n) is 6.09. The van der Waals surface area contributed by atoms with Crippen LogP contribution in [0.1, 0.15) is 12.6 Å². The fourth-order valence-corrected chi connectivity index (χ4v) is 2.76. The van der Waals surface area contributed by atoms with Gasteiger partial charge in [0.25, 0.3) is 5.91 Å². The van der Waals surface area contributed by atoms with Crippen molar-refractivity contribution in [2.24, 2.45) is 0 Å². The lowest BCUT2D eigenvalue weighted by Gasteiger charge is -2.15. The Labute approximate surface area is 161 Å². The lowest BCUT2D eigenvalue weighted by Crippen LogP contribution is -2.36. The highest BCUT2D eigenvalue weighted by molar-refractivity contribution is 5.80. The highest BCUT2D eigenvalue weighted by atomic mass is 16.7. The second-order valence-corrected chi connectivity index (χ2v) is 6.09. The Balaban J connectivity index is 1.39. The molecule has 0 spiro atoms. The van der Waals surface area contributed by atoms with Crippen molar-refractivity contribution in [2.45, 2.75) is 19.6 Å². The number of nitrogens with one attached hydrogen (secondary N) is 1. The third-order valence-corrected chi connectivity index (χ3v) is 4.17. The molecule has 0 bridgehead atoms. The maximum atomic E-state index is 12.4. The zero-order valence-electron chi connectivity index (χ0n) is 15.2. The van der Waals surface area contributed by atoms with Crippen LogP contribution >= 0.6 is 0 Å². The van der Waals surface area contributed by atoms with E-state index in [2.05, 4.69) is 20.3 Å². The van der Waals surface area contributed by atoms with Crippen LogP contribution in [0.4, 0.5) is 0 Å². The maximum absolute atomic E-state index is 12.4. The number of hydrogen-bond acceptors (Lipinski definition) is 7. The van der Waals surface area contributed by atoms with Gasteiger partial charge >= 0.3 is 0 Å². The van der Waals surface area contributed by atoms with Crippen molar-refractivity contribution < 1.29 is 19.0 Å². The molecule has 3 aromatic rings. The zero-order chi connectivity index (χ0) is 19.3. The summed E-state index contributed by atoms with van der Waals surface area (Å²) < 4.78 is 16.3. The highest BCUT2D eigenvalue weighted by Gasteiger charge is 2.19. The first-order valence-corrected chi connectivity index (χ1v) is 8.75. The normalized spacial score (nSPS) is 13.0. The van der Waals surface area contributed by atoms with E-state index < -0.39 is 6.10 Å². The van der Waals surface area contributed by atoms with Crippen molar-refractivity contribution in [3.05, 3.63) is 60.8 Å². The molecule has 4 rings (SSSR count). The van der Waals surface area contributed by atoms with E-state index >= 15 is 0 Å². The van der Waals surface area contributed by atoms with Crippen molar-refractivity contribution in [3.8, 4) is 28.5 Å². The van der Waals surface area contributed by atoms with Crippen molar-refractivity contribution in [2.75, 3.05) is 6.79 Å². The fraction of sp³-hybridized carbons (Fsp3) is 0.200. The number of rotatable bonds is 6. The van der Waals surface area contributed by atoms with Gasteiger partial charge in [0.1, 0.15) is 5.75 Å². The van der Waals surface area contributed by atoms with E-state index in [0.29, 0.717) is 28.6 Å². The zero-order valence-corrected chi connectivity index (χ0v) is 15.2. The van der Waals surface area contributed by atoms with Crippen LogP contribution in [0.3, 0.4) is 0 Å². The molecule has 28 heavy (non-hydrogen) atoms. The van der Waals surface area contributed by atoms with Gasteiger partial charge < -0.3 is 19.5 Å². The van der Waals surface area contributed by atoms with Crippen LogP contribution in [0.15, 0.2) is 55.1 Å². The van der Waals surface area contributed by atoms with Crippen LogP contribution in [-0.2, 0) is 11.3 Å². The average molecular weight is 378 g/mol. The first-order valence-electron chi connectivity index (χ1n) is 8.75. The van der Waals surface area contributed by atoms with E-state index in [1.165, 1.54) is 0 Å². The number of amides is 1. The van der Waals surface area contributed by atoms with Crippen LogP contribution in [0.25, 0.3) is 11.3 Å².